The summed E-state index contributed by atoms with van der Waals surface area (Å²) in [4.78, 5) is 29.1. The van der Waals surface area contributed by atoms with Crippen molar-refractivity contribution in [1.82, 2.24) is 10.2 Å². The number of benzene rings is 3. The summed E-state index contributed by atoms with van der Waals surface area (Å²) >= 11 is 1.48. The van der Waals surface area contributed by atoms with Gasteiger partial charge in [0.25, 0.3) is 0 Å². The maximum atomic E-state index is 13.7. The molecule has 1 unspecified atom stereocenters. The number of thioether (sulfide) groups is 1. The molecule has 2 amide bonds. The minimum Gasteiger partial charge on any atom is -0.352 e. The predicted molar refractivity (Wildman–Crippen MR) is 149 cm³/mol. The Morgan fingerprint density at radius 1 is 0.919 bits per heavy atom. The van der Waals surface area contributed by atoms with Crippen molar-refractivity contribution in [2.45, 2.75) is 63.4 Å². The van der Waals surface area contributed by atoms with Crippen molar-refractivity contribution in [2.75, 3.05) is 5.75 Å². The van der Waals surface area contributed by atoms with Crippen LogP contribution in [0.5, 0.6) is 0 Å². The van der Waals surface area contributed by atoms with Crippen LogP contribution in [-0.4, -0.2) is 34.6 Å². The van der Waals surface area contributed by atoms with Gasteiger partial charge in [0.05, 0.1) is 5.75 Å². The summed E-state index contributed by atoms with van der Waals surface area (Å²) in [5.74, 6) is 0.411. The van der Waals surface area contributed by atoms with Gasteiger partial charge in [-0.25, -0.2) is 4.39 Å². The van der Waals surface area contributed by atoms with Crippen LogP contribution in [0, 0.1) is 12.7 Å². The van der Waals surface area contributed by atoms with E-state index in [4.69, 9.17) is 0 Å². The van der Waals surface area contributed by atoms with Gasteiger partial charge in [0.15, 0.2) is 0 Å². The van der Waals surface area contributed by atoms with Crippen LogP contribution in [0.15, 0.2) is 78.9 Å². The number of amides is 2. The lowest BCUT2D eigenvalue weighted by Crippen LogP contribution is -2.52. The van der Waals surface area contributed by atoms with Crippen LogP contribution in [0.1, 0.15) is 47.9 Å². The smallest absolute Gasteiger partial charge is 0.243 e. The highest BCUT2D eigenvalue weighted by Gasteiger charge is 2.32. The highest BCUT2D eigenvalue weighted by Crippen LogP contribution is 2.21. The fraction of sp³-hybridized carbons (Fsp3) is 0.355. The number of aryl methyl sites for hydroxylation is 1. The van der Waals surface area contributed by atoms with Gasteiger partial charge in [0.1, 0.15) is 11.9 Å². The molecule has 0 aliphatic heterocycles. The fourth-order valence-electron chi connectivity index (χ4n) is 4.73. The van der Waals surface area contributed by atoms with Gasteiger partial charge >= 0.3 is 0 Å². The van der Waals surface area contributed by atoms with Gasteiger partial charge in [-0.2, -0.15) is 0 Å². The first-order chi connectivity index (χ1) is 18.0. The average molecular weight is 519 g/mol. The number of hydrogen-bond donors (Lipinski definition) is 1. The van der Waals surface area contributed by atoms with E-state index in [9.17, 15) is 14.0 Å². The molecule has 0 aromatic heterocycles. The summed E-state index contributed by atoms with van der Waals surface area (Å²) in [5.41, 5.74) is 4.13. The van der Waals surface area contributed by atoms with E-state index < -0.39 is 6.04 Å². The van der Waals surface area contributed by atoms with Gasteiger partial charge in [0.2, 0.25) is 11.8 Å². The van der Waals surface area contributed by atoms with E-state index in [2.05, 4.69) is 5.32 Å². The summed E-state index contributed by atoms with van der Waals surface area (Å²) in [6.07, 6.45) is 4.69. The summed E-state index contributed by atoms with van der Waals surface area (Å²) in [6, 6.07) is 23.9. The molecule has 4 rings (SSSR count). The Hall–Kier alpha value is -3.12. The van der Waals surface area contributed by atoms with Crippen molar-refractivity contribution < 1.29 is 14.0 Å². The third-order valence-corrected chi connectivity index (χ3v) is 7.84. The Morgan fingerprint density at radius 2 is 1.57 bits per heavy atom. The normalized spacial score (nSPS) is 14.3. The molecule has 4 nitrogen and oxygen atoms in total. The van der Waals surface area contributed by atoms with Crippen LogP contribution in [0.2, 0.25) is 0 Å². The number of rotatable bonds is 11. The highest BCUT2D eigenvalue weighted by molar-refractivity contribution is 7.99. The fourth-order valence-corrected chi connectivity index (χ4v) is 5.60. The zero-order chi connectivity index (χ0) is 26.0. The predicted octanol–water partition coefficient (Wildman–Crippen LogP) is 6.07. The minimum atomic E-state index is -0.608. The van der Waals surface area contributed by atoms with Crippen LogP contribution in [0.3, 0.4) is 0 Å². The van der Waals surface area contributed by atoms with Gasteiger partial charge < -0.3 is 10.2 Å². The van der Waals surface area contributed by atoms with Crippen LogP contribution in [0.4, 0.5) is 4.39 Å². The molecule has 1 aliphatic rings. The lowest BCUT2D eigenvalue weighted by atomic mass is 10.0. The van der Waals surface area contributed by atoms with E-state index in [0.29, 0.717) is 18.7 Å². The molecule has 0 heterocycles. The van der Waals surface area contributed by atoms with Gasteiger partial charge in [-0.15, -0.1) is 11.8 Å². The molecule has 6 heteroatoms. The Bertz CT molecular complexity index is 1150. The average Bonchev–Trinajstić information content (AvgIpc) is 3.42. The third-order valence-electron chi connectivity index (χ3n) is 6.85. The zero-order valence-corrected chi connectivity index (χ0v) is 22.2. The first-order valence-electron chi connectivity index (χ1n) is 13.0. The van der Waals surface area contributed by atoms with E-state index in [1.54, 1.807) is 17.0 Å². The SMILES string of the molecule is Cc1ccc(CN(C(=O)CSCc2ccc(F)cc2)C(Cc2ccccc2)C(=O)NC2CCCC2)cc1. The number of hydrogen-bond acceptors (Lipinski definition) is 3. The van der Waals surface area contributed by atoms with E-state index in [-0.39, 0.29) is 29.4 Å². The lowest BCUT2D eigenvalue weighted by Gasteiger charge is -2.32. The second-order valence-electron chi connectivity index (χ2n) is 9.82. The standard InChI is InChI=1S/C31H35FN2O2S/c1-23-11-13-25(14-12-23)20-34(30(35)22-37-21-26-15-17-27(32)18-16-26)29(19-24-7-3-2-4-8-24)31(36)33-28-9-5-6-10-28/h2-4,7-8,11-18,28-29H,5-6,9-10,19-22H2,1H3,(H,33,36). The first kappa shape index (κ1) is 26.9. The lowest BCUT2D eigenvalue weighted by molar-refractivity contribution is -0.139. The number of nitrogens with zero attached hydrogens (tertiary/aromatic N) is 1. The second-order valence-corrected chi connectivity index (χ2v) is 10.8. The highest BCUT2D eigenvalue weighted by atomic mass is 32.2. The summed E-state index contributed by atoms with van der Waals surface area (Å²) < 4.78 is 13.3. The van der Waals surface area contributed by atoms with Crippen molar-refractivity contribution in [3.05, 3.63) is 107 Å². The molecule has 0 radical (unpaired) electrons. The zero-order valence-electron chi connectivity index (χ0n) is 21.4. The summed E-state index contributed by atoms with van der Waals surface area (Å²) in [7, 11) is 0. The van der Waals surface area contributed by atoms with Crippen molar-refractivity contribution in [2.24, 2.45) is 0 Å². The summed E-state index contributed by atoms with van der Waals surface area (Å²) in [5, 5.41) is 3.24. The Labute approximate surface area is 223 Å². The maximum absolute atomic E-state index is 13.7. The molecule has 3 aromatic carbocycles. The van der Waals surface area contributed by atoms with Gasteiger partial charge in [-0.3, -0.25) is 9.59 Å². The van der Waals surface area contributed by atoms with Crippen LogP contribution >= 0.6 is 11.8 Å². The van der Waals surface area contributed by atoms with Crippen molar-refractivity contribution in [3.8, 4) is 0 Å². The maximum Gasteiger partial charge on any atom is 0.243 e. The molecule has 0 saturated heterocycles. The molecule has 1 saturated carbocycles. The number of nitrogens with one attached hydrogen (secondary N) is 1. The van der Waals surface area contributed by atoms with Gasteiger partial charge in [-0.1, -0.05) is 85.1 Å². The number of halogens is 1. The monoisotopic (exact) mass is 518 g/mol. The molecule has 1 atom stereocenters. The number of carbonyl (C=O) groups is 2. The molecule has 1 fully saturated rings. The first-order valence-corrected chi connectivity index (χ1v) is 14.1. The second kappa shape index (κ2) is 13.4. The topological polar surface area (TPSA) is 49.4 Å². The Kier molecular flexibility index (Phi) is 9.78. The number of carbonyl (C=O) groups excluding carboxylic acids is 2. The molecule has 0 bridgehead atoms. The Morgan fingerprint density at radius 3 is 2.24 bits per heavy atom. The molecule has 1 N–H and O–H groups in total. The van der Waals surface area contributed by atoms with Gasteiger partial charge in [0, 0.05) is 24.8 Å². The van der Waals surface area contributed by atoms with Crippen molar-refractivity contribution in [1.29, 1.82) is 0 Å². The molecule has 1 aliphatic carbocycles. The molecule has 194 valence electrons. The minimum absolute atomic E-state index is 0.0739. The van der Waals surface area contributed by atoms with E-state index in [0.717, 1.165) is 47.9 Å². The van der Waals surface area contributed by atoms with Crippen LogP contribution in [-0.2, 0) is 28.3 Å². The quantitative estimate of drug-likeness (QED) is 0.335. The molecular weight excluding hydrogens is 483 g/mol. The van der Waals surface area contributed by atoms with Crippen LogP contribution < -0.4 is 5.32 Å². The molecule has 3 aromatic rings. The summed E-state index contributed by atoms with van der Waals surface area (Å²) in [6.45, 7) is 2.40. The third kappa shape index (κ3) is 8.19. The Balaban J connectivity index is 1.55. The molecular formula is C31H35FN2O2S. The van der Waals surface area contributed by atoms with E-state index in [1.807, 2.05) is 61.5 Å². The largest absolute Gasteiger partial charge is 0.352 e. The molecule has 37 heavy (non-hydrogen) atoms. The van der Waals surface area contributed by atoms with Gasteiger partial charge in [-0.05, 0) is 48.6 Å². The van der Waals surface area contributed by atoms with Crippen molar-refractivity contribution in [3.63, 3.8) is 0 Å². The van der Waals surface area contributed by atoms with Crippen LogP contribution in [0.25, 0.3) is 0 Å². The molecule has 0 spiro atoms. The van der Waals surface area contributed by atoms with E-state index >= 15 is 0 Å². The van der Waals surface area contributed by atoms with Crippen molar-refractivity contribution >= 4 is 23.6 Å². The van der Waals surface area contributed by atoms with E-state index in [1.165, 1.54) is 23.9 Å².